The van der Waals surface area contributed by atoms with Gasteiger partial charge in [0, 0.05) is 17.7 Å². The molecule has 2 rings (SSSR count). The molecule has 0 saturated heterocycles. The van der Waals surface area contributed by atoms with Crippen LogP contribution in [0.2, 0.25) is 0 Å². The van der Waals surface area contributed by atoms with E-state index < -0.39 is 0 Å². The Bertz CT molecular complexity index is 511. The van der Waals surface area contributed by atoms with Gasteiger partial charge in [-0.05, 0) is 36.6 Å². The molecule has 0 amide bonds. The molecule has 0 bridgehead atoms. The van der Waals surface area contributed by atoms with Gasteiger partial charge in [0.05, 0.1) is 18.2 Å². The fourth-order valence-electron chi connectivity index (χ4n) is 1.98. The third-order valence-electron chi connectivity index (χ3n) is 2.94. The lowest BCUT2D eigenvalue weighted by Crippen LogP contribution is -2.13. The van der Waals surface area contributed by atoms with Crippen molar-refractivity contribution in [1.82, 2.24) is 0 Å². The molecule has 1 heterocycles. The quantitative estimate of drug-likeness (QED) is 0.740. The molecule has 1 N–H and O–H groups in total. The number of carbonyl (C=O) groups excluding carboxylic acids is 1. The number of rotatable bonds is 0. The van der Waals surface area contributed by atoms with Crippen LogP contribution in [0.15, 0.2) is 24.8 Å². The highest BCUT2D eigenvalue weighted by molar-refractivity contribution is 5.86. The molecule has 1 aliphatic heterocycles. The molecule has 3 nitrogen and oxygen atoms in total. The summed E-state index contributed by atoms with van der Waals surface area (Å²) in [4.78, 5) is 11.5. The maximum atomic E-state index is 11.5. The number of hydrogen-bond acceptors (Lipinski definition) is 3. The van der Waals surface area contributed by atoms with Crippen LogP contribution in [0, 0.1) is 11.3 Å². The molecule has 0 aliphatic carbocycles. The normalized spacial score (nSPS) is 15.9. The number of nitrogens with one attached hydrogen (secondary N) is 1. The van der Waals surface area contributed by atoms with Gasteiger partial charge in [-0.15, -0.1) is 0 Å². The van der Waals surface area contributed by atoms with Gasteiger partial charge in [-0.3, -0.25) is 4.79 Å². The van der Waals surface area contributed by atoms with E-state index >= 15 is 0 Å². The number of nitrogens with zero attached hydrogens (tertiary/aromatic N) is 1. The minimum Gasteiger partial charge on any atom is -0.377 e. The SMILES string of the molecule is C=C1CCCC(=O)CNc2ccc(C#N)cc21. The molecule has 0 radical (unpaired) electrons. The summed E-state index contributed by atoms with van der Waals surface area (Å²) in [6, 6.07) is 7.55. The zero-order valence-electron chi connectivity index (χ0n) is 9.62. The Morgan fingerprint density at radius 1 is 1.35 bits per heavy atom. The molecule has 3 heteroatoms. The van der Waals surface area contributed by atoms with Crippen LogP contribution in [0.3, 0.4) is 0 Å². The molecule has 17 heavy (non-hydrogen) atoms. The second-order valence-corrected chi connectivity index (χ2v) is 4.22. The van der Waals surface area contributed by atoms with Crippen molar-refractivity contribution in [1.29, 1.82) is 5.26 Å². The third kappa shape index (κ3) is 2.54. The molecular weight excluding hydrogens is 212 g/mol. The van der Waals surface area contributed by atoms with Crippen LogP contribution in [0.5, 0.6) is 0 Å². The highest BCUT2D eigenvalue weighted by Crippen LogP contribution is 2.28. The number of fused-ring (bicyclic) bond motifs is 1. The van der Waals surface area contributed by atoms with Gasteiger partial charge in [-0.25, -0.2) is 0 Å². The van der Waals surface area contributed by atoms with E-state index in [1.54, 1.807) is 6.07 Å². The zero-order chi connectivity index (χ0) is 12.3. The number of nitriles is 1. The summed E-state index contributed by atoms with van der Waals surface area (Å²) in [6.07, 6.45) is 2.22. The predicted octanol–water partition coefficient (Wildman–Crippen LogP) is 2.74. The highest BCUT2D eigenvalue weighted by atomic mass is 16.1. The number of allylic oxidation sites excluding steroid dienone is 1. The third-order valence-corrected chi connectivity index (χ3v) is 2.94. The molecule has 0 fully saturated rings. The number of carbonyl (C=O) groups is 1. The van der Waals surface area contributed by atoms with E-state index in [-0.39, 0.29) is 5.78 Å². The Morgan fingerprint density at radius 2 is 2.18 bits per heavy atom. The average Bonchev–Trinajstić information content (AvgIpc) is 2.41. The minimum absolute atomic E-state index is 0.218. The second kappa shape index (κ2) is 4.84. The molecular formula is C14H14N2O. The Kier molecular flexibility index (Phi) is 3.24. The molecule has 1 aliphatic rings. The molecule has 0 spiro atoms. The summed E-state index contributed by atoms with van der Waals surface area (Å²) in [7, 11) is 0. The van der Waals surface area contributed by atoms with Crippen LogP contribution in [0.4, 0.5) is 5.69 Å². The lowest BCUT2D eigenvalue weighted by Gasteiger charge is -2.11. The Balaban J connectivity index is 2.41. The van der Waals surface area contributed by atoms with E-state index in [2.05, 4.69) is 18.0 Å². The number of benzene rings is 1. The summed E-state index contributed by atoms with van der Waals surface area (Å²) in [6.45, 7) is 4.39. The summed E-state index contributed by atoms with van der Waals surface area (Å²) < 4.78 is 0. The van der Waals surface area contributed by atoms with Gasteiger partial charge in [0.25, 0.3) is 0 Å². The fraction of sp³-hybridized carbons (Fsp3) is 0.286. The summed E-state index contributed by atoms with van der Waals surface area (Å²) in [5.74, 6) is 0.218. The first-order valence-corrected chi connectivity index (χ1v) is 5.68. The maximum absolute atomic E-state index is 11.5. The largest absolute Gasteiger partial charge is 0.377 e. The van der Waals surface area contributed by atoms with Gasteiger partial charge < -0.3 is 5.32 Å². The van der Waals surface area contributed by atoms with E-state index in [0.29, 0.717) is 18.5 Å². The van der Waals surface area contributed by atoms with Gasteiger partial charge in [0.15, 0.2) is 5.78 Å². The molecule has 0 unspecified atom stereocenters. The number of ketones is 1. The van der Waals surface area contributed by atoms with Crippen LogP contribution in [0.1, 0.15) is 30.4 Å². The molecule has 1 aromatic rings. The highest BCUT2D eigenvalue weighted by Gasteiger charge is 2.12. The van der Waals surface area contributed by atoms with Crippen molar-refractivity contribution in [2.75, 3.05) is 11.9 Å². The number of hydrogen-bond donors (Lipinski definition) is 1. The van der Waals surface area contributed by atoms with Crippen molar-refractivity contribution in [2.24, 2.45) is 0 Å². The lowest BCUT2D eigenvalue weighted by atomic mass is 9.98. The zero-order valence-corrected chi connectivity index (χ0v) is 9.62. The molecule has 86 valence electrons. The maximum Gasteiger partial charge on any atom is 0.151 e. The van der Waals surface area contributed by atoms with Crippen LogP contribution >= 0.6 is 0 Å². The molecule has 0 atom stereocenters. The van der Waals surface area contributed by atoms with E-state index in [0.717, 1.165) is 29.7 Å². The predicted molar refractivity (Wildman–Crippen MR) is 67.5 cm³/mol. The first kappa shape index (κ1) is 11.4. The van der Waals surface area contributed by atoms with Crippen LogP contribution < -0.4 is 5.32 Å². The van der Waals surface area contributed by atoms with Crippen LogP contribution in [-0.2, 0) is 4.79 Å². The molecule has 0 saturated carbocycles. The van der Waals surface area contributed by atoms with Crippen LogP contribution in [-0.4, -0.2) is 12.3 Å². The van der Waals surface area contributed by atoms with Gasteiger partial charge in [0.2, 0.25) is 0 Å². The summed E-state index contributed by atoms with van der Waals surface area (Å²) in [5.41, 5.74) is 3.46. The van der Waals surface area contributed by atoms with Gasteiger partial charge in [0.1, 0.15) is 0 Å². The number of Topliss-reactive ketones (excluding diaryl/α,β-unsaturated/α-hetero) is 1. The first-order valence-electron chi connectivity index (χ1n) is 5.68. The van der Waals surface area contributed by atoms with Gasteiger partial charge in [-0.1, -0.05) is 6.58 Å². The molecule has 1 aromatic carbocycles. The van der Waals surface area contributed by atoms with Gasteiger partial charge >= 0.3 is 0 Å². The van der Waals surface area contributed by atoms with E-state index in [1.807, 2.05) is 12.1 Å². The summed E-state index contributed by atoms with van der Waals surface area (Å²) >= 11 is 0. The van der Waals surface area contributed by atoms with Crippen molar-refractivity contribution < 1.29 is 4.79 Å². The monoisotopic (exact) mass is 226 g/mol. The van der Waals surface area contributed by atoms with E-state index in [4.69, 9.17) is 5.26 Å². The van der Waals surface area contributed by atoms with Gasteiger partial charge in [-0.2, -0.15) is 5.26 Å². The second-order valence-electron chi connectivity index (χ2n) is 4.22. The Morgan fingerprint density at radius 3 is 2.94 bits per heavy atom. The van der Waals surface area contributed by atoms with E-state index in [9.17, 15) is 4.79 Å². The summed E-state index contributed by atoms with van der Waals surface area (Å²) in [5, 5.41) is 12.0. The smallest absolute Gasteiger partial charge is 0.151 e. The van der Waals surface area contributed by atoms with Crippen molar-refractivity contribution in [3.63, 3.8) is 0 Å². The minimum atomic E-state index is 0.218. The average molecular weight is 226 g/mol. The van der Waals surface area contributed by atoms with Crippen molar-refractivity contribution in [2.45, 2.75) is 19.3 Å². The molecule has 0 aromatic heterocycles. The van der Waals surface area contributed by atoms with Crippen LogP contribution in [0.25, 0.3) is 5.57 Å². The van der Waals surface area contributed by atoms with E-state index in [1.165, 1.54) is 0 Å². The Hall–Kier alpha value is -2.08. The Labute approximate surface area is 101 Å². The topological polar surface area (TPSA) is 52.9 Å². The lowest BCUT2D eigenvalue weighted by molar-refractivity contribution is -0.117. The fourth-order valence-corrected chi connectivity index (χ4v) is 1.98. The first-order chi connectivity index (χ1) is 8.20. The standard InChI is InChI=1S/C14H14N2O/c1-10-3-2-4-12(17)9-16-14-6-5-11(8-15)7-13(10)14/h5-7,16H,1-4,9H2. The number of anilines is 1. The van der Waals surface area contributed by atoms with Crippen molar-refractivity contribution >= 4 is 17.0 Å². The van der Waals surface area contributed by atoms with Crippen molar-refractivity contribution in [3.8, 4) is 6.07 Å². The van der Waals surface area contributed by atoms with Crippen molar-refractivity contribution in [3.05, 3.63) is 35.9 Å².